The van der Waals surface area contributed by atoms with Crippen LogP contribution in [0, 0.1) is 0 Å². The smallest absolute Gasteiger partial charge is 0.231 e. The van der Waals surface area contributed by atoms with Gasteiger partial charge in [0.2, 0.25) is 11.7 Å². The molecule has 2 aromatic heterocycles. The van der Waals surface area contributed by atoms with Crippen LogP contribution in [0.4, 0.5) is 0 Å². The quantitative estimate of drug-likeness (QED) is 0.870. The van der Waals surface area contributed by atoms with E-state index in [2.05, 4.69) is 36.2 Å². The van der Waals surface area contributed by atoms with Crippen LogP contribution in [0.25, 0.3) is 11.4 Å². The van der Waals surface area contributed by atoms with Gasteiger partial charge in [-0.3, -0.25) is 0 Å². The zero-order valence-electron chi connectivity index (χ0n) is 11.0. The summed E-state index contributed by atoms with van der Waals surface area (Å²) in [6.45, 7) is 7.36. The van der Waals surface area contributed by atoms with Gasteiger partial charge in [-0.25, -0.2) is 0 Å². The van der Waals surface area contributed by atoms with Gasteiger partial charge in [0, 0.05) is 17.0 Å². The molecule has 0 aliphatic carbocycles. The van der Waals surface area contributed by atoms with Crippen LogP contribution in [0.3, 0.4) is 0 Å². The molecule has 5 heteroatoms. The van der Waals surface area contributed by atoms with Crippen LogP contribution >= 0.6 is 11.3 Å². The summed E-state index contributed by atoms with van der Waals surface area (Å²) in [6.07, 6.45) is 0.986. The summed E-state index contributed by atoms with van der Waals surface area (Å²) in [6, 6.07) is 2.35. The third kappa shape index (κ3) is 2.79. The summed E-state index contributed by atoms with van der Waals surface area (Å²) < 4.78 is 5.41. The lowest BCUT2D eigenvalue weighted by atomic mass is 9.98. The van der Waals surface area contributed by atoms with Gasteiger partial charge in [0.05, 0.1) is 5.92 Å². The molecule has 0 aliphatic heterocycles. The van der Waals surface area contributed by atoms with Crippen LogP contribution in [0.15, 0.2) is 21.3 Å². The van der Waals surface area contributed by atoms with Crippen molar-refractivity contribution in [2.24, 2.45) is 0 Å². The highest BCUT2D eigenvalue weighted by molar-refractivity contribution is 7.08. The molecule has 2 aromatic rings. The average molecular weight is 265 g/mol. The molecule has 0 saturated carbocycles. The van der Waals surface area contributed by atoms with Gasteiger partial charge in [-0.2, -0.15) is 16.3 Å². The van der Waals surface area contributed by atoms with E-state index in [0.717, 1.165) is 24.4 Å². The zero-order valence-corrected chi connectivity index (χ0v) is 11.8. The van der Waals surface area contributed by atoms with Crippen molar-refractivity contribution >= 4 is 11.3 Å². The number of nitrogens with zero attached hydrogens (tertiary/aromatic N) is 2. The molecule has 2 rings (SSSR count). The van der Waals surface area contributed by atoms with Crippen molar-refractivity contribution in [1.82, 2.24) is 15.5 Å². The molecule has 0 radical (unpaired) electrons. The summed E-state index contributed by atoms with van der Waals surface area (Å²) in [4.78, 5) is 4.52. The van der Waals surface area contributed by atoms with E-state index >= 15 is 0 Å². The summed E-state index contributed by atoms with van der Waals surface area (Å²) in [7, 11) is 0. The second-order valence-corrected chi connectivity index (χ2v) is 5.11. The Bertz CT molecular complexity index is 466. The first-order valence-electron chi connectivity index (χ1n) is 6.35. The molecule has 1 N–H and O–H groups in total. The van der Waals surface area contributed by atoms with Crippen molar-refractivity contribution in [2.75, 3.05) is 6.54 Å². The SMILES string of the molecule is CCNC(C)C(CC)c1nc(-c2ccsc2)no1. The van der Waals surface area contributed by atoms with Gasteiger partial charge >= 0.3 is 0 Å². The Balaban J connectivity index is 2.17. The van der Waals surface area contributed by atoms with Crippen molar-refractivity contribution < 1.29 is 4.52 Å². The third-order valence-corrected chi connectivity index (χ3v) is 3.79. The van der Waals surface area contributed by atoms with E-state index in [0.29, 0.717) is 11.9 Å². The summed E-state index contributed by atoms with van der Waals surface area (Å²) in [5.41, 5.74) is 1.03. The predicted molar refractivity (Wildman–Crippen MR) is 73.8 cm³/mol. The van der Waals surface area contributed by atoms with Gasteiger partial charge in [0.25, 0.3) is 0 Å². The maximum atomic E-state index is 5.41. The Morgan fingerprint density at radius 2 is 2.28 bits per heavy atom. The molecular formula is C13H19N3OS. The minimum absolute atomic E-state index is 0.268. The number of rotatable bonds is 6. The monoisotopic (exact) mass is 265 g/mol. The van der Waals surface area contributed by atoms with Gasteiger partial charge < -0.3 is 9.84 Å². The molecule has 2 atom stereocenters. The number of hydrogen-bond donors (Lipinski definition) is 1. The van der Waals surface area contributed by atoms with Gasteiger partial charge in [-0.1, -0.05) is 19.0 Å². The number of thiophene rings is 1. The van der Waals surface area contributed by atoms with E-state index in [9.17, 15) is 0 Å². The first kappa shape index (κ1) is 13.2. The fourth-order valence-electron chi connectivity index (χ4n) is 2.10. The van der Waals surface area contributed by atoms with E-state index in [1.807, 2.05) is 16.8 Å². The van der Waals surface area contributed by atoms with Crippen LogP contribution in [0.1, 0.15) is 39.0 Å². The first-order chi connectivity index (χ1) is 8.76. The van der Waals surface area contributed by atoms with E-state index < -0.39 is 0 Å². The van der Waals surface area contributed by atoms with Crippen LogP contribution in [0.5, 0.6) is 0 Å². The molecule has 18 heavy (non-hydrogen) atoms. The maximum Gasteiger partial charge on any atom is 0.231 e. The molecule has 0 aliphatic rings. The highest BCUT2D eigenvalue weighted by Gasteiger charge is 2.23. The van der Waals surface area contributed by atoms with Gasteiger partial charge in [0.1, 0.15) is 0 Å². The topological polar surface area (TPSA) is 51.0 Å². The Labute approximate surface area is 111 Å². The third-order valence-electron chi connectivity index (χ3n) is 3.11. The standard InChI is InChI=1S/C13H19N3OS/c1-4-11(9(3)14-5-2)13-15-12(16-17-13)10-6-7-18-8-10/h6-9,11,14H,4-5H2,1-3H3. The average Bonchev–Trinajstić information content (AvgIpc) is 3.00. The molecule has 4 nitrogen and oxygen atoms in total. The molecule has 0 saturated heterocycles. The molecule has 0 spiro atoms. The van der Waals surface area contributed by atoms with Crippen molar-refractivity contribution in [2.45, 2.75) is 39.2 Å². The molecule has 0 aromatic carbocycles. The summed E-state index contributed by atoms with van der Waals surface area (Å²) in [5, 5.41) is 11.5. The van der Waals surface area contributed by atoms with Crippen molar-refractivity contribution in [3.05, 3.63) is 22.7 Å². The summed E-state index contributed by atoms with van der Waals surface area (Å²) in [5.74, 6) is 1.69. The van der Waals surface area contributed by atoms with Crippen LogP contribution in [0.2, 0.25) is 0 Å². The highest BCUT2D eigenvalue weighted by atomic mass is 32.1. The zero-order chi connectivity index (χ0) is 13.0. The highest BCUT2D eigenvalue weighted by Crippen LogP contribution is 2.25. The van der Waals surface area contributed by atoms with E-state index in [1.54, 1.807) is 11.3 Å². The van der Waals surface area contributed by atoms with Crippen LogP contribution in [-0.2, 0) is 0 Å². The Morgan fingerprint density at radius 1 is 1.44 bits per heavy atom. The van der Waals surface area contributed by atoms with Crippen molar-refractivity contribution in [3.63, 3.8) is 0 Å². The normalized spacial score (nSPS) is 14.6. The minimum Gasteiger partial charge on any atom is -0.339 e. The second kappa shape index (κ2) is 6.11. The van der Waals surface area contributed by atoms with Gasteiger partial charge in [-0.05, 0) is 31.3 Å². The first-order valence-corrected chi connectivity index (χ1v) is 7.30. The fourth-order valence-corrected chi connectivity index (χ4v) is 2.74. The number of likely N-dealkylation sites (N-methyl/N-ethyl adjacent to an activating group) is 1. The molecule has 0 amide bonds. The fraction of sp³-hybridized carbons (Fsp3) is 0.538. The number of nitrogens with one attached hydrogen (secondary N) is 1. The van der Waals surface area contributed by atoms with Crippen molar-refractivity contribution in [3.8, 4) is 11.4 Å². The second-order valence-electron chi connectivity index (χ2n) is 4.33. The Morgan fingerprint density at radius 3 is 2.89 bits per heavy atom. The van der Waals surface area contributed by atoms with Gasteiger partial charge in [-0.15, -0.1) is 0 Å². The molecule has 0 fully saturated rings. The van der Waals surface area contributed by atoms with Crippen LogP contribution < -0.4 is 5.32 Å². The summed E-state index contributed by atoms with van der Waals surface area (Å²) >= 11 is 1.64. The van der Waals surface area contributed by atoms with E-state index in [-0.39, 0.29) is 5.92 Å². The largest absolute Gasteiger partial charge is 0.339 e. The Kier molecular flexibility index (Phi) is 4.49. The predicted octanol–water partition coefficient (Wildman–Crippen LogP) is 3.29. The molecular weight excluding hydrogens is 246 g/mol. The van der Waals surface area contributed by atoms with E-state index in [4.69, 9.17) is 4.52 Å². The number of hydrogen-bond acceptors (Lipinski definition) is 5. The number of aromatic nitrogens is 2. The minimum atomic E-state index is 0.268. The molecule has 2 heterocycles. The lowest BCUT2D eigenvalue weighted by Gasteiger charge is -2.19. The molecule has 0 bridgehead atoms. The van der Waals surface area contributed by atoms with E-state index in [1.165, 1.54) is 0 Å². The maximum absolute atomic E-state index is 5.41. The lowest BCUT2D eigenvalue weighted by molar-refractivity contribution is 0.318. The molecule has 2 unspecified atom stereocenters. The van der Waals surface area contributed by atoms with Crippen molar-refractivity contribution in [1.29, 1.82) is 0 Å². The van der Waals surface area contributed by atoms with Crippen LogP contribution in [-0.4, -0.2) is 22.7 Å². The van der Waals surface area contributed by atoms with Gasteiger partial charge in [0.15, 0.2) is 0 Å². The Hall–Kier alpha value is -1.20. The lowest BCUT2D eigenvalue weighted by Crippen LogP contribution is -2.31. The molecule has 98 valence electrons.